The SMILES string of the molecule is CC(=N/C(C)=C(\C)C(=O)N=O)c1ccccn1. The van der Waals surface area contributed by atoms with Crippen LogP contribution in [-0.4, -0.2) is 16.6 Å². The Bertz CT molecular complexity index is 490. The monoisotopic (exact) mass is 231 g/mol. The van der Waals surface area contributed by atoms with Gasteiger partial charge in [0.2, 0.25) is 0 Å². The molecule has 0 bridgehead atoms. The standard InChI is InChI=1S/C12H13N3O2/c1-8(12(16)15-17)9(2)14-10(3)11-6-4-5-7-13-11/h4-7H,1-3H3/b9-8+,14-10?. The second kappa shape index (κ2) is 5.79. The smallest absolute Gasteiger partial charge is 0.264 e. The molecule has 17 heavy (non-hydrogen) atoms. The summed E-state index contributed by atoms with van der Waals surface area (Å²) in [5.41, 5.74) is 2.13. The van der Waals surface area contributed by atoms with Crippen molar-refractivity contribution in [2.75, 3.05) is 0 Å². The van der Waals surface area contributed by atoms with Gasteiger partial charge in [-0.05, 0) is 32.9 Å². The first-order chi connectivity index (χ1) is 8.06. The number of hydrogen-bond donors (Lipinski definition) is 0. The zero-order valence-electron chi connectivity index (χ0n) is 9.97. The summed E-state index contributed by atoms with van der Waals surface area (Å²) >= 11 is 0. The van der Waals surface area contributed by atoms with Crippen LogP contribution in [0, 0.1) is 4.91 Å². The van der Waals surface area contributed by atoms with Crippen LogP contribution in [0.1, 0.15) is 26.5 Å². The first kappa shape index (κ1) is 12.9. The van der Waals surface area contributed by atoms with Gasteiger partial charge in [0.15, 0.2) is 0 Å². The molecular formula is C12H13N3O2. The molecule has 0 aromatic carbocycles. The summed E-state index contributed by atoms with van der Waals surface area (Å²) in [5, 5.41) is 2.36. The molecule has 0 N–H and O–H groups in total. The Balaban J connectivity index is 3.04. The predicted octanol–water partition coefficient (Wildman–Crippen LogP) is 2.48. The molecule has 0 aliphatic rings. The average Bonchev–Trinajstić information content (AvgIpc) is 2.37. The summed E-state index contributed by atoms with van der Waals surface area (Å²) in [7, 11) is 0. The van der Waals surface area contributed by atoms with Crippen LogP contribution in [0.15, 0.2) is 45.8 Å². The Hall–Kier alpha value is -2.17. The van der Waals surface area contributed by atoms with E-state index in [1.54, 1.807) is 20.0 Å². The molecule has 0 saturated heterocycles. The summed E-state index contributed by atoms with van der Waals surface area (Å²) in [6.07, 6.45) is 1.67. The highest BCUT2D eigenvalue weighted by Gasteiger charge is 2.08. The van der Waals surface area contributed by atoms with Crippen LogP contribution in [0.25, 0.3) is 0 Å². The van der Waals surface area contributed by atoms with Gasteiger partial charge in [-0.2, -0.15) is 0 Å². The Morgan fingerprint density at radius 1 is 1.24 bits per heavy atom. The predicted molar refractivity (Wildman–Crippen MR) is 65.6 cm³/mol. The molecule has 88 valence electrons. The van der Waals surface area contributed by atoms with Gasteiger partial charge >= 0.3 is 5.91 Å². The van der Waals surface area contributed by atoms with Crippen molar-refractivity contribution >= 4 is 11.6 Å². The van der Waals surface area contributed by atoms with Crippen LogP contribution in [0.3, 0.4) is 0 Å². The van der Waals surface area contributed by atoms with Crippen molar-refractivity contribution in [1.82, 2.24) is 4.98 Å². The fourth-order valence-electron chi connectivity index (χ4n) is 1.19. The highest BCUT2D eigenvalue weighted by Crippen LogP contribution is 2.09. The number of carbonyl (C=O) groups is 1. The Labute approximate surface area is 99.3 Å². The van der Waals surface area contributed by atoms with E-state index < -0.39 is 5.91 Å². The molecule has 0 unspecified atom stereocenters. The first-order valence-corrected chi connectivity index (χ1v) is 5.08. The van der Waals surface area contributed by atoms with E-state index in [1.165, 1.54) is 6.92 Å². The number of rotatable bonds is 3. The fourth-order valence-corrected chi connectivity index (χ4v) is 1.19. The normalized spacial score (nSPS) is 13.0. The molecule has 0 spiro atoms. The minimum absolute atomic E-state index is 0.246. The number of aliphatic imine (C=N–C) groups is 1. The van der Waals surface area contributed by atoms with Crippen molar-refractivity contribution in [3.05, 3.63) is 46.3 Å². The van der Waals surface area contributed by atoms with Crippen LogP contribution >= 0.6 is 0 Å². The van der Waals surface area contributed by atoms with Crippen LogP contribution in [0.5, 0.6) is 0 Å². The molecule has 0 aliphatic heterocycles. The number of hydrogen-bond acceptors (Lipinski definition) is 4. The number of allylic oxidation sites excluding steroid dienone is 1. The minimum atomic E-state index is -0.792. The summed E-state index contributed by atoms with van der Waals surface area (Å²) in [6.45, 7) is 4.97. The lowest BCUT2D eigenvalue weighted by Crippen LogP contribution is -2.01. The lowest BCUT2D eigenvalue weighted by Gasteiger charge is -2.01. The van der Waals surface area contributed by atoms with Crippen molar-refractivity contribution in [1.29, 1.82) is 0 Å². The van der Waals surface area contributed by atoms with Crippen LogP contribution in [0.4, 0.5) is 0 Å². The van der Waals surface area contributed by atoms with Gasteiger partial charge in [0.05, 0.1) is 11.4 Å². The molecule has 5 heteroatoms. The van der Waals surface area contributed by atoms with Gasteiger partial charge in [-0.15, -0.1) is 4.91 Å². The second-order valence-electron chi connectivity index (χ2n) is 3.52. The quantitative estimate of drug-likeness (QED) is 0.455. The number of carbonyl (C=O) groups excluding carboxylic acids is 1. The number of aromatic nitrogens is 1. The van der Waals surface area contributed by atoms with E-state index in [1.807, 2.05) is 18.2 Å². The average molecular weight is 231 g/mol. The van der Waals surface area contributed by atoms with Crippen molar-refractivity contribution in [3.8, 4) is 0 Å². The zero-order valence-corrected chi connectivity index (χ0v) is 9.97. The molecule has 0 fully saturated rings. The van der Waals surface area contributed by atoms with Crippen molar-refractivity contribution in [3.63, 3.8) is 0 Å². The van der Waals surface area contributed by atoms with Crippen LogP contribution < -0.4 is 0 Å². The maximum Gasteiger partial charge on any atom is 0.314 e. The minimum Gasteiger partial charge on any atom is -0.264 e. The van der Waals surface area contributed by atoms with E-state index in [2.05, 4.69) is 15.2 Å². The lowest BCUT2D eigenvalue weighted by molar-refractivity contribution is -0.114. The Morgan fingerprint density at radius 3 is 2.47 bits per heavy atom. The summed E-state index contributed by atoms with van der Waals surface area (Å²) < 4.78 is 0. The number of nitrogens with zero attached hydrogens (tertiary/aromatic N) is 3. The highest BCUT2D eigenvalue weighted by atomic mass is 16.3. The van der Waals surface area contributed by atoms with E-state index in [0.717, 1.165) is 5.69 Å². The number of pyridine rings is 1. The van der Waals surface area contributed by atoms with E-state index in [4.69, 9.17) is 0 Å². The van der Waals surface area contributed by atoms with Crippen molar-refractivity contribution in [2.45, 2.75) is 20.8 Å². The van der Waals surface area contributed by atoms with E-state index in [9.17, 15) is 9.70 Å². The third kappa shape index (κ3) is 3.41. The molecule has 1 amide bonds. The molecule has 1 heterocycles. The number of nitroso groups, excluding NO2 is 1. The second-order valence-corrected chi connectivity index (χ2v) is 3.52. The van der Waals surface area contributed by atoms with Gasteiger partial charge in [0.1, 0.15) is 0 Å². The summed E-state index contributed by atoms with van der Waals surface area (Å²) in [6, 6.07) is 5.48. The van der Waals surface area contributed by atoms with Crippen molar-refractivity contribution in [2.24, 2.45) is 10.2 Å². The van der Waals surface area contributed by atoms with E-state index in [-0.39, 0.29) is 5.57 Å². The summed E-state index contributed by atoms with van der Waals surface area (Å²) in [5.74, 6) is -0.792. The van der Waals surface area contributed by atoms with Gasteiger partial charge in [-0.25, -0.2) is 0 Å². The third-order valence-electron chi connectivity index (χ3n) is 2.32. The van der Waals surface area contributed by atoms with Gasteiger partial charge in [0, 0.05) is 22.6 Å². The molecule has 0 saturated carbocycles. The maximum atomic E-state index is 11.0. The van der Waals surface area contributed by atoms with Gasteiger partial charge in [0.25, 0.3) is 0 Å². The molecule has 0 radical (unpaired) electrons. The lowest BCUT2D eigenvalue weighted by atomic mass is 10.2. The summed E-state index contributed by atoms with van der Waals surface area (Å²) in [4.78, 5) is 29.5. The van der Waals surface area contributed by atoms with Gasteiger partial charge < -0.3 is 0 Å². The fraction of sp³-hybridized carbons (Fsp3) is 0.250. The van der Waals surface area contributed by atoms with Gasteiger partial charge in [-0.1, -0.05) is 6.07 Å². The third-order valence-corrected chi connectivity index (χ3v) is 2.32. The molecule has 0 aliphatic carbocycles. The van der Waals surface area contributed by atoms with Crippen LogP contribution in [-0.2, 0) is 4.79 Å². The van der Waals surface area contributed by atoms with Crippen molar-refractivity contribution < 1.29 is 4.79 Å². The van der Waals surface area contributed by atoms with E-state index >= 15 is 0 Å². The molecule has 1 aromatic heterocycles. The maximum absolute atomic E-state index is 11.0. The highest BCUT2D eigenvalue weighted by molar-refractivity contribution is 5.99. The first-order valence-electron chi connectivity index (χ1n) is 5.08. The molecule has 5 nitrogen and oxygen atoms in total. The van der Waals surface area contributed by atoms with Crippen LogP contribution in [0.2, 0.25) is 0 Å². The largest absolute Gasteiger partial charge is 0.314 e. The Morgan fingerprint density at radius 2 is 1.94 bits per heavy atom. The Kier molecular flexibility index (Phi) is 4.39. The number of amides is 1. The topological polar surface area (TPSA) is 71.8 Å². The van der Waals surface area contributed by atoms with Gasteiger partial charge in [-0.3, -0.25) is 14.8 Å². The van der Waals surface area contributed by atoms with E-state index in [0.29, 0.717) is 11.4 Å². The molecular weight excluding hydrogens is 218 g/mol. The molecule has 1 rings (SSSR count). The molecule has 1 aromatic rings. The zero-order chi connectivity index (χ0) is 12.8. The molecule has 0 atom stereocenters.